The van der Waals surface area contributed by atoms with Crippen LogP contribution in [0.3, 0.4) is 0 Å². The van der Waals surface area contributed by atoms with Crippen molar-refractivity contribution in [2.45, 2.75) is 25.3 Å². The topological polar surface area (TPSA) is 96.6 Å². The van der Waals surface area contributed by atoms with Gasteiger partial charge in [-0.25, -0.2) is 4.98 Å². The van der Waals surface area contributed by atoms with Crippen molar-refractivity contribution in [1.29, 1.82) is 0 Å². The number of carboxylic acid groups (broad SMARTS) is 1. The molecule has 0 atom stereocenters. The maximum Gasteiger partial charge on any atom is 0.312 e. The third-order valence-corrected chi connectivity index (χ3v) is 3.27. The van der Waals surface area contributed by atoms with E-state index in [1.54, 1.807) is 4.90 Å². The number of anilines is 1. The summed E-state index contributed by atoms with van der Waals surface area (Å²) in [4.78, 5) is 27.0. The van der Waals surface area contributed by atoms with Crippen LogP contribution in [-0.2, 0) is 4.79 Å². The lowest BCUT2D eigenvalue weighted by Crippen LogP contribution is -2.29. The van der Waals surface area contributed by atoms with E-state index < -0.39 is 10.9 Å². The molecule has 1 aromatic heterocycles. The molecular formula is C11H12BrN3O4. The van der Waals surface area contributed by atoms with Gasteiger partial charge in [0.1, 0.15) is 0 Å². The van der Waals surface area contributed by atoms with Crippen molar-refractivity contribution in [3.8, 4) is 0 Å². The standard InChI is InChI=1S/C11H12BrN3O4/c12-7-5-9(15(18)19)11(13-6-7)14(8-1-2-8)4-3-10(16)17/h5-6,8H,1-4H2,(H,16,17). The Morgan fingerprint density at radius 3 is 2.84 bits per heavy atom. The average molecular weight is 330 g/mol. The molecule has 2 rings (SSSR count). The Bertz CT molecular complexity index is 519. The zero-order valence-corrected chi connectivity index (χ0v) is 11.5. The fourth-order valence-electron chi connectivity index (χ4n) is 1.84. The van der Waals surface area contributed by atoms with Gasteiger partial charge in [-0.05, 0) is 28.8 Å². The summed E-state index contributed by atoms with van der Waals surface area (Å²) in [5.41, 5.74) is -0.105. The van der Waals surface area contributed by atoms with E-state index >= 15 is 0 Å². The molecular weight excluding hydrogens is 318 g/mol. The number of pyridine rings is 1. The minimum absolute atomic E-state index is 0.0641. The van der Waals surface area contributed by atoms with E-state index in [9.17, 15) is 14.9 Å². The fraction of sp³-hybridized carbons (Fsp3) is 0.455. The van der Waals surface area contributed by atoms with Gasteiger partial charge in [0.25, 0.3) is 0 Å². The lowest BCUT2D eigenvalue weighted by molar-refractivity contribution is -0.384. The molecule has 1 N–H and O–H groups in total. The highest BCUT2D eigenvalue weighted by Crippen LogP contribution is 2.36. The first-order valence-electron chi connectivity index (χ1n) is 5.77. The van der Waals surface area contributed by atoms with Crippen molar-refractivity contribution in [3.05, 3.63) is 26.9 Å². The van der Waals surface area contributed by atoms with Gasteiger partial charge in [-0.3, -0.25) is 14.9 Å². The number of halogens is 1. The van der Waals surface area contributed by atoms with Crippen LogP contribution in [-0.4, -0.2) is 33.6 Å². The molecule has 102 valence electrons. The lowest BCUT2D eigenvalue weighted by atomic mass is 10.3. The Kier molecular flexibility index (Phi) is 3.98. The van der Waals surface area contributed by atoms with E-state index in [4.69, 9.17) is 5.11 Å². The summed E-state index contributed by atoms with van der Waals surface area (Å²) in [7, 11) is 0. The minimum Gasteiger partial charge on any atom is -0.481 e. The number of aliphatic carboxylic acids is 1. The summed E-state index contributed by atoms with van der Waals surface area (Å²) in [6, 6.07) is 1.55. The summed E-state index contributed by atoms with van der Waals surface area (Å²) in [5.74, 6) is -0.678. The van der Waals surface area contributed by atoms with Crippen molar-refractivity contribution in [2.24, 2.45) is 0 Å². The highest BCUT2D eigenvalue weighted by atomic mass is 79.9. The average Bonchev–Trinajstić information content (AvgIpc) is 3.14. The van der Waals surface area contributed by atoms with Gasteiger partial charge in [-0.2, -0.15) is 0 Å². The van der Waals surface area contributed by atoms with Crippen LogP contribution in [0.1, 0.15) is 19.3 Å². The number of hydrogen-bond donors (Lipinski definition) is 1. The number of nitrogens with zero attached hydrogens (tertiary/aromatic N) is 3. The largest absolute Gasteiger partial charge is 0.481 e. The zero-order valence-electron chi connectivity index (χ0n) is 9.95. The summed E-state index contributed by atoms with van der Waals surface area (Å²) in [5, 5.41) is 19.8. The molecule has 8 heteroatoms. The molecule has 0 bridgehead atoms. The van der Waals surface area contributed by atoms with E-state index in [0.717, 1.165) is 12.8 Å². The molecule has 0 saturated heterocycles. The summed E-state index contributed by atoms with van der Waals surface area (Å²) >= 11 is 3.15. The van der Waals surface area contributed by atoms with Gasteiger partial charge in [0.15, 0.2) is 0 Å². The molecule has 0 amide bonds. The normalized spacial score (nSPS) is 14.2. The summed E-state index contributed by atoms with van der Waals surface area (Å²) in [6.07, 6.45) is 3.24. The number of carbonyl (C=O) groups is 1. The van der Waals surface area contributed by atoms with Gasteiger partial charge < -0.3 is 10.0 Å². The lowest BCUT2D eigenvalue weighted by Gasteiger charge is -2.22. The van der Waals surface area contributed by atoms with Crippen LogP contribution < -0.4 is 4.90 Å². The van der Waals surface area contributed by atoms with Crippen LogP contribution in [0.2, 0.25) is 0 Å². The van der Waals surface area contributed by atoms with E-state index in [0.29, 0.717) is 4.47 Å². The number of aromatic nitrogens is 1. The van der Waals surface area contributed by atoms with E-state index in [2.05, 4.69) is 20.9 Å². The molecule has 0 unspecified atom stereocenters. The van der Waals surface area contributed by atoms with Crippen LogP contribution in [0.4, 0.5) is 11.5 Å². The second kappa shape index (κ2) is 5.52. The smallest absolute Gasteiger partial charge is 0.312 e. The van der Waals surface area contributed by atoms with Gasteiger partial charge in [0, 0.05) is 29.3 Å². The Morgan fingerprint density at radius 2 is 2.32 bits per heavy atom. The van der Waals surface area contributed by atoms with Crippen LogP contribution in [0, 0.1) is 10.1 Å². The summed E-state index contributed by atoms with van der Waals surface area (Å²) < 4.78 is 0.525. The Hall–Kier alpha value is -1.70. The van der Waals surface area contributed by atoms with Crippen molar-refractivity contribution < 1.29 is 14.8 Å². The van der Waals surface area contributed by atoms with Gasteiger partial charge >= 0.3 is 11.7 Å². The molecule has 1 saturated carbocycles. The van der Waals surface area contributed by atoms with Gasteiger partial charge in [-0.15, -0.1) is 0 Å². The third-order valence-electron chi connectivity index (χ3n) is 2.84. The molecule has 1 aliphatic rings. The Labute approximate surface area is 117 Å². The Morgan fingerprint density at radius 1 is 1.63 bits per heavy atom. The van der Waals surface area contributed by atoms with E-state index in [1.807, 2.05) is 0 Å². The molecule has 1 aromatic rings. The van der Waals surface area contributed by atoms with E-state index in [-0.39, 0.29) is 30.5 Å². The fourth-order valence-corrected chi connectivity index (χ4v) is 2.16. The Balaban J connectivity index is 2.30. The molecule has 7 nitrogen and oxygen atoms in total. The van der Waals surface area contributed by atoms with Crippen LogP contribution in [0.5, 0.6) is 0 Å². The molecule has 0 spiro atoms. The molecule has 19 heavy (non-hydrogen) atoms. The maximum absolute atomic E-state index is 11.1. The van der Waals surface area contributed by atoms with Gasteiger partial charge in [0.2, 0.25) is 5.82 Å². The molecule has 0 aliphatic heterocycles. The predicted octanol–water partition coefficient (Wildman–Crippen LogP) is 2.20. The number of carboxylic acids is 1. The van der Waals surface area contributed by atoms with Gasteiger partial charge in [0.05, 0.1) is 11.3 Å². The van der Waals surface area contributed by atoms with Crippen molar-refractivity contribution in [3.63, 3.8) is 0 Å². The minimum atomic E-state index is -0.926. The van der Waals surface area contributed by atoms with E-state index in [1.165, 1.54) is 12.3 Å². The number of hydrogen-bond acceptors (Lipinski definition) is 5. The molecule has 1 aliphatic carbocycles. The number of rotatable bonds is 6. The second-order valence-electron chi connectivity index (χ2n) is 4.32. The first-order valence-corrected chi connectivity index (χ1v) is 6.56. The quantitative estimate of drug-likeness (QED) is 0.634. The SMILES string of the molecule is O=C(O)CCN(c1ncc(Br)cc1[N+](=O)[O-])C1CC1. The summed E-state index contributed by atoms with van der Waals surface area (Å²) in [6.45, 7) is 0.232. The first kappa shape index (κ1) is 13.7. The maximum atomic E-state index is 11.1. The molecule has 0 aromatic carbocycles. The van der Waals surface area contributed by atoms with Crippen molar-refractivity contribution in [2.75, 3.05) is 11.4 Å². The highest BCUT2D eigenvalue weighted by Gasteiger charge is 2.34. The molecule has 1 heterocycles. The third kappa shape index (κ3) is 3.40. The second-order valence-corrected chi connectivity index (χ2v) is 5.24. The number of nitro groups is 1. The first-order chi connectivity index (χ1) is 8.99. The van der Waals surface area contributed by atoms with Crippen molar-refractivity contribution >= 4 is 33.4 Å². The van der Waals surface area contributed by atoms with Crippen molar-refractivity contribution in [1.82, 2.24) is 4.98 Å². The molecule has 0 radical (unpaired) electrons. The van der Waals surface area contributed by atoms with Crippen LogP contribution >= 0.6 is 15.9 Å². The zero-order chi connectivity index (χ0) is 14.0. The van der Waals surface area contributed by atoms with Crippen LogP contribution in [0.15, 0.2) is 16.7 Å². The van der Waals surface area contributed by atoms with Crippen LogP contribution in [0.25, 0.3) is 0 Å². The predicted molar refractivity (Wildman–Crippen MR) is 71.2 cm³/mol. The van der Waals surface area contributed by atoms with Gasteiger partial charge in [-0.1, -0.05) is 0 Å². The monoisotopic (exact) mass is 329 g/mol. The highest BCUT2D eigenvalue weighted by molar-refractivity contribution is 9.10. The molecule has 1 fully saturated rings.